The number of aliphatic hydroxyl groups is 1. The molecule has 0 heterocycles. The van der Waals surface area contributed by atoms with Crippen molar-refractivity contribution in [3.05, 3.63) is 29.8 Å². The van der Waals surface area contributed by atoms with Crippen molar-refractivity contribution in [1.29, 1.82) is 0 Å². The van der Waals surface area contributed by atoms with Gasteiger partial charge in [-0.05, 0) is 30.0 Å². The van der Waals surface area contributed by atoms with Gasteiger partial charge in [-0.25, -0.2) is 4.79 Å². The number of carbonyl (C=O) groups is 1. The molecule has 0 saturated heterocycles. The fourth-order valence-corrected chi connectivity index (χ4v) is 2.11. The smallest absolute Gasteiger partial charge is 0.335 e. The van der Waals surface area contributed by atoms with E-state index in [1.165, 1.54) is 6.42 Å². The Bertz CT molecular complexity index is 409. The van der Waals surface area contributed by atoms with E-state index in [1.807, 2.05) is 24.3 Å². The fraction of sp³-hybridized carbons (Fsp3) is 0.533. The van der Waals surface area contributed by atoms with E-state index in [9.17, 15) is 9.90 Å². The summed E-state index contributed by atoms with van der Waals surface area (Å²) in [6.07, 6.45) is 2.98. The maximum Gasteiger partial charge on any atom is 0.335 e. The van der Waals surface area contributed by atoms with Crippen molar-refractivity contribution in [1.82, 2.24) is 0 Å². The van der Waals surface area contributed by atoms with E-state index in [0.29, 0.717) is 12.3 Å². The summed E-state index contributed by atoms with van der Waals surface area (Å²) in [6.45, 7) is 0.185. The summed E-state index contributed by atoms with van der Waals surface area (Å²) >= 11 is 0. The number of esters is 1. The maximum atomic E-state index is 11.6. The van der Waals surface area contributed by atoms with Crippen LogP contribution < -0.4 is 4.74 Å². The normalized spacial score (nSPS) is 16.5. The van der Waals surface area contributed by atoms with E-state index in [1.54, 1.807) is 7.11 Å². The highest BCUT2D eigenvalue weighted by Crippen LogP contribution is 2.30. The van der Waals surface area contributed by atoms with E-state index >= 15 is 0 Å². The van der Waals surface area contributed by atoms with Gasteiger partial charge in [0, 0.05) is 0 Å². The third kappa shape index (κ3) is 3.96. The van der Waals surface area contributed by atoms with Crippen LogP contribution in [-0.2, 0) is 16.1 Å². The van der Waals surface area contributed by atoms with Gasteiger partial charge in [-0.2, -0.15) is 0 Å². The zero-order valence-corrected chi connectivity index (χ0v) is 11.2. The molecular formula is C15H20O4. The minimum absolute atomic E-state index is 0.185. The molecule has 0 aromatic heterocycles. The fourth-order valence-electron chi connectivity index (χ4n) is 2.11. The number of benzene rings is 1. The molecule has 0 radical (unpaired) electrons. The second kappa shape index (κ2) is 6.57. The first-order chi connectivity index (χ1) is 9.19. The number of rotatable bonds is 6. The Kier molecular flexibility index (Phi) is 4.80. The highest BCUT2D eigenvalue weighted by Gasteiger charge is 2.25. The minimum Gasteiger partial charge on any atom is -0.497 e. The van der Waals surface area contributed by atoms with Crippen LogP contribution in [0.1, 0.15) is 31.2 Å². The Hall–Kier alpha value is -1.55. The van der Waals surface area contributed by atoms with Crippen molar-refractivity contribution < 1.29 is 19.4 Å². The second-order valence-corrected chi connectivity index (χ2v) is 5.00. The number of ether oxygens (including phenoxy) is 2. The van der Waals surface area contributed by atoms with Crippen LogP contribution in [0.5, 0.6) is 5.75 Å². The number of aliphatic hydroxyl groups excluding tert-OH is 1. The molecule has 4 heteroatoms. The minimum atomic E-state index is -0.983. The number of carbonyl (C=O) groups excluding carboxylic acids is 1. The molecule has 1 unspecified atom stereocenters. The Balaban J connectivity index is 1.75. The molecule has 1 saturated carbocycles. The van der Waals surface area contributed by atoms with Crippen LogP contribution >= 0.6 is 0 Å². The molecule has 2 rings (SSSR count). The summed E-state index contributed by atoms with van der Waals surface area (Å²) in [4.78, 5) is 11.6. The van der Waals surface area contributed by atoms with Gasteiger partial charge in [0.15, 0.2) is 6.10 Å². The van der Waals surface area contributed by atoms with Crippen LogP contribution in [-0.4, -0.2) is 24.3 Å². The van der Waals surface area contributed by atoms with E-state index in [0.717, 1.165) is 24.2 Å². The van der Waals surface area contributed by atoms with E-state index < -0.39 is 12.1 Å². The van der Waals surface area contributed by atoms with Crippen molar-refractivity contribution >= 4 is 5.97 Å². The van der Waals surface area contributed by atoms with E-state index in [4.69, 9.17) is 9.47 Å². The van der Waals surface area contributed by atoms with Crippen LogP contribution in [0.25, 0.3) is 0 Å². The topological polar surface area (TPSA) is 55.8 Å². The molecule has 4 nitrogen and oxygen atoms in total. The lowest BCUT2D eigenvalue weighted by atomic mass is 9.81. The lowest BCUT2D eigenvalue weighted by Crippen LogP contribution is -2.28. The van der Waals surface area contributed by atoms with E-state index in [-0.39, 0.29) is 6.61 Å². The maximum absolute atomic E-state index is 11.6. The number of hydrogen-bond acceptors (Lipinski definition) is 4. The van der Waals surface area contributed by atoms with Gasteiger partial charge in [0.2, 0.25) is 0 Å². The Morgan fingerprint density at radius 3 is 2.58 bits per heavy atom. The van der Waals surface area contributed by atoms with Crippen LogP contribution in [0.3, 0.4) is 0 Å². The van der Waals surface area contributed by atoms with Crippen molar-refractivity contribution in [2.45, 2.75) is 38.4 Å². The lowest BCUT2D eigenvalue weighted by molar-refractivity contribution is -0.156. The largest absolute Gasteiger partial charge is 0.497 e. The van der Waals surface area contributed by atoms with Crippen LogP contribution in [0.15, 0.2) is 24.3 Å². The van der Waals surface area contributed by atoms with Crippen LogP contribution in [0, 0.1) is 5.92 Å². The zero-order valence-electron chi connectivity index (χ0n) is 11.2. The lowest BCUT2D eigenvalue weighted by Gasteiger charge is -2.26. The predicted molar refractivity (Wildman–Crippen MR) is 70.8 cm³/mol. The first-order valence-corrected chi connectivity index (χ1v) is 6.66. The van der Waals surface area contributed by atoms with Gasteiger partial charge in [0.1, 0.15) is 12.4 Å². The average Bonchev–Trinajstić information content (AvgIpc) is 2.40. The molecule has 1 N–H and O–H groups in total. The highest BCUT2D eigenvalue weighted by atomic mass is 16.5. The summed E-state index contributed by atoms with van der Waals surface area (Å²) in [5.41, 5.74) is 0.880. The molecule has 1 aliphatic rings. The monoisotopic (exact) mass is 264 g/mol. The predicted octanol–water partition coefficient (Wildman–Crippen LogP) is 2.29. The van der Waals surface area contributed by atoms with Crippen molar-refractivity contribution in [2.24, 2.45) is 5.92 Å². The third-order valence-electron chi connectivity index (χ3n) is 3.59. The molecule has 1 atom stereocenters. The average molecular weight is 264 g/mol. The molecule has 1 fully saturated rings. The summed E-state index contributed by atoms with van der Waals surface area (Å²) in [6, 6.07) is 7.30. The molecular weight excluding hydrogens is 244 g/mol. The van der Waals surface area contributed by atoms with E-state index in [2.05, 4.69) is 0 Å². The molecule has 104 valence electrons. The van der Waals surface area contributed by atoms with Gasteiger partial charge in [0.05, 0.1) is 7.11 Å². The molecule has 1 aromatic carbocycles. The van der Waals surface area contributed by atoms with Crippen molar-refractivity contribution in [3.63, 3.8) is 0 Å². The number of hydrogen-bond donors (Lipinski definition) is 1. The molecule has 1 aromatic rings. The summed E-state index contributed by atoms with van der Waals surface area (Å²) in [5.74, 6) is 0.728. The highest BCUT2D eigenvalue weighted by molar-refractivity contribution is 5.74. The quantitative estimate of drug-likeness (QED) is 0.801. The standard InChI is InChI=1S/C15H20O4/c1-18-13-7-5-12(6-8-13)10-19-15(17)14(16)9-11-3-2-4-11/h5-8,11,14,16H,2-4,9-10H2,1H3. The van der Waals surface area contributed by atoms with Crippen LogP contribution in [0.2, 0.25) is 0 Å². The van der Waals surface area contributed by atoms with Gasteiger partial charge in [0.25, 0.3) is 0 Å². The third-order valence-corrected chi connectivity index (χ3v) is 3.59. The Morgan fingerprint density at radius 2 is 2.05 bits per heavy atom. The first kappa shape index (κ1) is 13.9. The molecule has 0 bridgehead atoms. The molecule has 0 spiro atoms. The Morgan fingerprint density at radius 1 is 1.37 bits per heavy atom. The van der Waals surface area contributed by atoms with Gasteiger partial charge in [-0.15, -0.1) is 0 Å². The molecule has 0 aliphatic heterocycles. The van der Waals surface area contributed by atoms with Crippen LogP contribution in [0.4, 0.5) is 0 Å². The molecule has 1 aliphatic carbocycles. The van der Waals surface area contributed by atoms with Gasteiger partial charge in [-0.1, -0.05) is 31.4 Å². The van der Waals surface area contributed by atoms with Crippen molar-refractivity contribution in [3.8, 4) is 5.75 Å². The Labute approximate surface area is 113 Å². The zero-order chi connectivity index (χ0) is 13.7. The van der Waals surface area contributed by atoms with Gasteiger partial charge < -0.3 is 14.6 Å². The van der Waals surface area contributed by atoms with Gasteiger partial charge in [-0.3, -0.25) is 0 Å². The summed E-state index contributed by atoms with van der Waals surface area (Å²) in [5, 5.41) is 9.72. The summed E-state index contributed by atoms with van der Waals surface area (Å²) in [7, 11) is 1.60. The van der Waals surface area contributed by atoms with Crippen molar-refractivity contribution in [2.75, 3.05) is 7.11 Å². The SMILES string of the molecule is COc1ccc(COC(=O)C(O)CC2CCC2)cc1. The molecule has 0 amide bonds. The number of methoxy groups -OCH3 is 1. The van der Waals surface area contributed by atoms with Gasteiger partial charge >= 0.3 is 5.97 Å². The first-order valence-electron chi connectivity index (χ1n) is 6.66. The second-order valence-electron chi connectivity index (χ2n) is 5.00. The molecule has 19 heavy (non-hydrogen) atoms. The summed E-state index contributed by atoms with van der Waals surface area (Å²) < 4.78 is 10.2.